The van der Waals surface area contributed by atoms with Crippen molar-refractivity contribution in [1.82, 2.24) is 4.31 Å². The van der Waals surface area contributed by atoms with E-state index in [1.807, 2.05) is 44.2 Å². The van der Waals surface area contributed by atoms with Crippen LogP contribution in [0.1, 0.15) is 73.4 Å². The van der Waals surface area contributed by atoms with Crippen LogP contribution in [0.25, 0.3) is 11.1 Å². The van der Waals surface area contributed by atoms with Crippen LogP contribution in [0.4, 0.5) is 0 Å². The summed E-state index contributed by atoms with van der Waals surface area (Å²) in [7, 11) is -3.48. The van der Waals surface area contributed by atoms with Crippen molar-refractivity contribution in [1.29, 1.82) is 0 Å². The van der Waals surface area contributed by atoms with Crippen LogP contribution in [0, 0.1) is 12.8 Å². The molecule has 0 radical (unpaired) electrons. The summed E-state index contributed by atoms with van der Waals surface area (Å²) in [4.78, 5) is 11.9. The number of hydrogen-bond acceptors (Lipinski definition) is 4. The van der Waals surface area contributed by atoms with Crippen molar-refractivity contribution in [2.45, 2.75) is 65.3 Å². The van der Waals surface area contributed by atoms with Crippen LogP contribution in [0.2, 0.25) is 0 Å². The van der Waals surface area contributed by atoms with Gasteiger partial charge in [0.1, 0.15) is 0 Å². The maximum absolute atomic E-state index is 13.3. The molecule has 7 heteroatoms. The molecule has 0 bridgehead atoms. The Morgan fingerprint density at radius 3 is 2.51 bits per heavy atom. The Balaban J connectivity index is 1.86. The van der Waals surface area contributed by atoms with E-state index in [1.54, 1.807) is 16.4 Å². The van der Waals surface area contributed by atoms with Crippen molar-refractivity contribution >= 4 is 16.0 Å². The van der Waals surface area contributed by atoms with Crippen LogP contribution in [-0.4, -0.2) is 49.3 Å². The minimum atomic E-state index is -3.48. The van der Waals surface area contributed by atoms with E-state index in [0.29, 0.717) is 37.7 Å². The first kappa shape index (κ1) is 27.4. The molecule has 1 fully saturated rings. The molecule has 0 heterocycles. The van der Waals surface area contributed by atoms with Gasteiger partial charge in [0.15, 0.2) is 0 Å². The average Bonchev–Trinajstić information content (AvgIpc) is 2.85. The predicted molar refractivity (Wildman–Crippen MR) is 140 cm³/mol. The molecule has 0 aliphatic heterocycles. The van der Waals surface area contributed by atoms with Crippen molar-refractivity contribution in [2.24, 2.45) is 5.92 Å². The lowest BCUT2D eigenvalue weighted by Crippen LogP contribution is -2.35. The van der Waals surface area contributed by atoms with Crippen LogP contribution >= 0.6 is 0 Å². The highest BCUT2D eigenvalue weighted by Gasteiger charge is 2.25. The van der Waals surface area contributed by atoms with Gasteiger partial charge in [-0.05, 0) is 67.0 Å². The fourth-order valence-corrected chi connectivity index (χ4v) is 6.38. The average molecular weight is 502 g/mol. The zero-order chi connectivity index (χ0) is 25.3. The fraction of sp³-hybridized carbons (Fsp3) is 0.536. The molecule has 0 amide bonds. The van der Waals surface area contributed by atoms with Gasteiger partial charge in [-0.2, -0.15) is 4.31 Å². The fourth-order valence-electron chi connectivity index (χ4n) is 4.91. The zero-order valence-electron chi connectivity index (χ0n) is 21.0. The Hall–Kier alpha value is -2.22. The molecule has 0 unspecified atom stereocenters. The van der Waals surface area contributed by atoms with Crippen LogP contribution < -0.4 is 0 Å². The second-order valence-corrected chi connectivity index (χ2v) is 11.6. The number of carbonyl (C=O) groups is 1. The Labute approximate surface area is 210 Å². The van der Waals surface area contributed by atoms with Crippen molar-refractivity contribution in [3.63, 3.8) is 0 Å². The number of carboxylic acids is 1. The van der Waals surface area contributed by atoms with E-state index in [-0.39, 0.29) is 17.9 Å². The molecule has 1 aliphatic rings. The summed E-state index contributed by atoms with van der Waals surface area (Å²) in [6.45, 7) is 5.58. The lowest BCUT2D eigenvalue weighted by Gasteiger charge is -2.27. The van der Waals surface area contributed by atoms with Crippen molar-refractivity contribution in [2.75, 3.05) is 25.5 Å². The zero-order valence-corrected chi connectivity index (χ0v) is 21.9. The van der Waals surface area contributed by atoms with Crippen molar-refractivity contribution in [3.05, 3.63) is 59.2 Å². The van der Waals surface area contributed by atoms with Gasteiger partial charge in [0.05, 0.1) is 11.3 Å². The number of aryl methyl sites for hydroxylation is 1. The second-order valence-electron chi connectivity index (χ2n) is 9.49. The van der Waals surface area contributed by atoms with Gasteiger partial charge in [-0.1, -0.05) is 62.4 Å². The Kier molecular flexibility index (Phi) is 10.3. The SMILES string of the molecule is CCOCCCS(=O)(=O)N(CCC1CCCCC1)Cc1ccc(C(=O)O)c(-c2ccccc2C)c1. The third kappa shape index (κ3) is 7.89. The monoisotopic (exact) mass is 501 g/mol. The van der Waals surface area contributed by atoms with Crippen LogP contribution in [0.3, 0.4) is 0 Å². The van der Waals surface area contributed by atoms with E-state index in [2.05, 4.69) is 0 Å². The van der Waals surface area contributed by atoms with E-state index < -0.39 is 16.0 Å². The summed E-state index contributed by atoms with van der Waals surface area (Å²) in [5, 5.41) is 9.77. The van der Waals surface area contributed by atoms with Crippen molar-refractivity contribution < 1.29 is 23.1 Å². The quantitative estimate of drug-likeness (QED) is 0.346. The minimum absolute atomic E-state index is 0.0511. The van der Waals surface area contributed by atoms with E-state index in [0.717, 1.165) is 23.1 Å². The van der Waals surface area contributed by atoms with E-state index in [4.69, 9.17) is 4.74 Å². The molecule has 0 aromatic heterocycles. The topological polar surface area (TPSA) is 83.9 Å². The molecule has 1 aliphatic carbocycles. The number of rotatable bonds is 13. The number of carboxylic acid groups (broad SMARTS) is 1. The molecule has 1 N–H and O–H groups in total. The van der Waals surface area contributed by atoms with Gasteiger partial charge in [-0.3, -0.25) is 0 Å². The highest BCUT2D eigenvalue weighted by molar-refractivity contribution is 7.89. The number of benzene rings is 2. The smallest absolute Gasteiger partial charge is 0.336 e. The molecule has 2 aromatic carbocycles. The Morgan fingerprint density at radius 1 is 1.09 bits per heavy atom. The number of ether oxygens (including phenoxy) is 1. The molecule has 192 valence electrons. The molecule has 0 atom stereocenters. The first-order valence-electron chi connectivity index (χ1n) is 12.8. The summed E-state index contributed by atoms with van der Waals surface area (Å²) in [5.41, 5.74) is 3.46. The van der Waals surface area contributed by atoms with Gasteiger partial charge < -0.3 is 9.84 Å². The van der Waals surface area contributed by atoms with Gasteiger partial charge in [0, 0.05) is 26.3 Å². The standard InChI is InChI=1S/C28H39NO5S/c1-3-34-18-9-19-35(32,33)29(17-16-23-11-5-4-6-12-23)21-24-14-15-26(28(30)31)27(20-24)25-13-8-7-10-22(25)2/h7-8,10,13-15,20,23H,3-6,9,11-12,16-19,21H2,1-2H3,(H,30,31). The molecular formula is C28H39NO5S. The highest BCUT2D eigenvalue weighted by atomic mass is 32.2. The first-order chi connectivity index (χ1) is 16.8. The minimum Gasteiger partial charge on any atom is -0.478 e. The van der Waals surface area contributed by atoms with Gasteiger partial charge in [0.25, 0.3) is 0 Å². The molecule has 0 spiro atoms. The van der Waals surface area contributed by atoms with E-state index in [1.165, 1.54) is 32.1 Å². The van der Waals surface area contributed by atoms with Gasteiger partial charge in [0.2, 0.25) is 10.0 Å². The van der Waals surface area contributed by atoms with Crippen LogP contribution in [0.5, 0.6) is 0 Å². The summed E-state index contributed by atoms with van der Waals surface area (Å²) in [6.07, 6.45) is 7.38. The maximum atomic E-state index is 13.3. The number of sulfonamides is 1. The molecule has 0 saturated heterocycles. The largest absolute Gasteiger partial charge is 0.478 e. The van der Waals surface area contributed by atoms with Crippen LogP contribution in [0.15, 0.2) is 42.5 Å². The Bertz CT molecular complexity index is 1080. The summed E-state index contributed by atoms with van der Waals surface area (Å²) in [6, 6.07) is 12.9. The van der Waals surface area contributed by atoms with Gasteiger partial charge in [-0.25, -0.2) is 13.2 Å². The predicted octanol–water partition coefficient (Wildman–Crippen LogP) is 5.89. The Morgan fingerprint density at radius 2 is 1.83 bits per heavy atom. The maximum Gasteiger partial charge on any atom is 0.336 e. The summed E-state index contributed by atoms with van der Waals surface area (Å²) in [5.74, 6) is -0.371. The number of aromatic carboxylic acids is 1. The van der Waals surface area contributed by atoms with Gasteiger partial charge >= 0.3 is 5.97 Å². The summed E-state index contributed by atoms with van der Waals surface area (Å²) < 4.78 is 33.6. The lowest BCUT2D eigenvalue weighted by atomic mass is 9.87. The van der Waals surface area contributed by atoms with Crippen molar-refractivity contribution in [3.8, 4) is 11.1 Å². The van der Waals surface area contributed by atoms with Crippen LogP contribution in [-0.2, 0) is 21.3 Å². The van der Waals surface area contributed by atoms with Gasteiger partial charge in [-0.15, -0.1) is 0 Å². The number of hydrogen-bond donors (Lipinski definition) is 1. The molecule has 3 rings (SSSR count). The number of nitrogens with zero attached hydrogens (tertiary/aromatic N) is 1. The lowest BCUT2D eigenvalue weighted by molar-refractivity contribution is 0.0697. The molecule has 6 nitrogen and oxygen atoms in total. The third-order valence-corrected chi connectivity index (χ3v) is 8.81. The van der Waals surface area contributed by atoms with E-state index >= 15 is 0 Å². The molecule has 1 saturated carbocycles. The molecular weight excluding hydrogens is 462 g/mol. The first-order valence-corrected chi connectivity index (χ1v) is 14.4. The summed E-state index contributed by atoms with van der Waals surface area (Å²) >= 11 is 0. The normalized spacial score (nSPS) is 14.9. The third-order valence-electron chi connectivity index (χ3n) is 6.91. The highest BCUT2D eigenvalue weighted by Crippen LogP contribution is 2.30. The van der Waals surface area contributed by atoms with E-state index in [9.17, 15) is 18.3 Å². The second kappa shape index (κ2) is 13.2. The molecule has 35 heavy (non-hydrogen) atoms. The molecule has 2 aromatic rings.